The zero-order chi connectivity index (χ0) is 17.0. The number of carbonyl (C=O) groups excluding carboxylic acids is 1. The van der Waals surface area contributed by atoms with Crippen LogP contribution in [0.25, 0.3) is 10.9 Å². The number of hydrogen-bond acceptors (Lipinski definition) is 4. The summed E-state index contributed by atoms with van der Waals surface area (Å²) in [6.07, 6.45) is 2.42. The summed E-state index contributed by atoms with van der Waals surface area (Å²) in [4.78, 5) is 17.9. The molecule has 3 heterocycles. The van der Waals surface area contributed by atoms with Gasteiger partial charge in [-0.1, -0.05) is 0 Å². The molecule has 0 bridgehead atoms. The quantitative estimate of drug-likeness (QED) is 0.796. The summed E-state index contributed by atoms with van der Waals surface area (Å²) < 4.78 is 7.43. The van der Waals surface area contributed by atoms with Crippen molar-refractivity contribution in [2.45, 2.75) is 31.8 Å². The van der Waals surface area contributed by atoms with Crippen LogP contribution in [0.4, 0.5) is 0 Å². The van der Waals surface area contributed by atoms with Crippen LogP contribution >= 0.6 is 0 Å². The van der Waals surface area contributed by atoms with Gasteiger partial charge in [0.05, 0.1) is 13.7 Å². The normalized spacial score (nSPS) is 16.9. The largest absolute Gasteiger partial charge is 0.497 e. The number of methoxy groups -OCH3 is 1. The molecular formula is C18H19N5O2. The van der Waals surface area contributed by atoms with Crippen molar-refractivity contribution < 1.29 is 9.53 Å². The maximum atomic E-state index is 12.9. The van der Waals surface area contributed by atoms with E-state index >= 15 is 0 Å². The molecule has 5 rings (SSSR count). The van der Waals surface area contributed by atoms with Gasteiger partial charge in [-0.15, -0.1) is 10.2 Å². The predicted octanol–water partition coefficient (Wildman–Crippen LogP) is 2.30. The topological polar surface area (TPSA) is 76.0 Å². The number of nitrogens with one attached hydrogen (secondary N) is 1. The molecule has 2 aliphatic rings. The smallest absolute Gasteiger partial charge is 0.270 e. The van der Waals surface area contributed by atoms with Crippen molar-refractivity contribution in [1.29, 1.82) is 0 Å². The molecule has 25 heavy (non-hydrogen) atoms. The SMILES string of the molecule is COc1ccc2cc(C(=O)N3CCn4c(nnc4C4CC4)C3)[nH]c2c1. The third-order valence-corrected chi connectivity index (χ3v) is 5.07. The summed E-state index contributed by atoms with van der Waals surface area (Å²) in [6.45, 7) is 1.97. The third-order valence-electron chi connectivity index (χ3n) is 5.07. The van der Waals surface area contributed by atoms with E-state index in [9.17, 15) is 4.79 Å². The monoisotopic (exact) mass is 337 g/mol. The highest BCUT2D eigenvalue weighted by molar-refractivity contribution is 5.98. The van der Waals surface area contributed by atoms with E-state index in [0.717, 1.165) is 34.8 Å². The van der Waals surface area contributed by atoms with Crippen molar-refractivity contribution in [1.82, 2.24) is 24.6 Å². The molecule has 7 heteroatoms. The average molecular weight is 337 g/mol. The highest BCUT2D eigenvalue weighted by Crippen LogP contribution is 2.39. The summed E-state index contributed by atoms with van der Waals surface area (Å²) in [7, 11) is 1.63. The van der Waals surface area contributed by atoms with Crippen molar-refractivity contribution in [2.75, 3.05) is 13.7 Å². The summed E-state index contributed by atoms with van der Waals surface area (Å²) >= 11 is 0. The Morgan fingerprint density at radius 2 is 2.12 bits per heavy atom. The summed E-state index contributed by atoms with van der Waals surface area (Å²) in [5.41, 5.74) is 1.50. The standard InChI is InChI=1S/C18H19N5O2/c1-25-13-5-4-12-8-15(19-14(12)9-13)18(24)22-6-7-23-16(10-22)20-21-17(23)11-2-3-11/h4-5,8-9,11,19H,2-3,6-7,10H2,1H3. The molecule has 0 unspecified atom stereocenters. The van der Waals surface area contributed by atoms with Gasteiger partial charge in [-0.25, -0.2) is 0 Å². The van der Waals surface area contributed by atoms with E-state index in [1.807, 2.05) is 29.2 Å². The molecule has 1 aromatic carbocycles. The number of fused-ring (bicyclic) bond motifs is 2. The Balaban J connectivity index is 1.40. The van der Waals surface area contributed by atoms with Crippen LogP contribution in [-0.4, -0.2) is 44.2 Å². The van der Waals surface area contributed by atoms with Crippen LogP contribution in [-0.2, 0) is 13.1 Å². The molecule has 128 valence electrons. The van der Waals surface area contributed by atoms with Crippen LogP contribution in [0, 0.1) is 0 Å². The van der Waals surface area contributed by atoms with Gasteiger partial charge in [0.2, 0.25) is 0 Å². The lowest BCUT2D eigenvalue weighted by molar-refractivity contribution is 0.0701. The maximum absolute atomic E-state index is 12.9. The molecule has 1 aliphatic heterocycles. The zero-order valence-corrected chi connectivity index (χ0v) is 14.0. The second kappa shape index (κ2) is 5.34. The molecule has 0 saturated heterocycles. The molecule has 1 aliphatic carbocycles. The minimum Gasteiger partial charge on any atom is -0.497 e. The van der Waals surface area contributed by atoms with Crippen LogP contribution in [0.15, 0.2) is 24.3 Å². The fourth-order valence-corrected chi connectivity index (χ4v) is 3.52. The van der Waals surface area contributed by atoms with Crippen molar-refractivity contribution in [3.8, 4) is 5.75 Å². The van der Waals surface area contributed by atoms with Gasteiger partial charge < -0.3 is 19.2 Å². The Hall–Kier alpha value is -2.83. The molecule has 2 aromatic heterocycles. The first-order valence-electron chi connectivity index (χ1n) is 8.61. The lowest BCUT2D eigenvalue weighted by Crippen LogP contribution is -2.38. The predicted molar refractivity (Wildman–Crippen MR) is 91.6 cm³/mol. The summed E-state index contributed by atoms with van der Waals surface area (Å²) in [6, 6.07) is 7.65. The van der Waals surface area contributed by atoms with E-state index in [1.165, 1.54) is 12.8 Å². The van der Waals surface area contributed by atoms with Gasteiger partial charge in [-0.05, 0) is 31.0 Å². The molecule has 0 spiro atoms. The third kappa shape index (κ3) is 2.38. The summed E-state index contributed by atoms with van der Waals surface area (Å²) in [5, 5.41) is 9.64. The number of carbonyl (C=O) groups is 1. The van der Waals surface area contributed by atoms with Gasteiger partial charge in [0.25, 0.3) is 5.91 Å². The van der Waals surface area contributed by atoms with Gasteiger partial charge in [-0.2, -0.15) is 0 Å². The number of H-pyrrole nitrogens is 1. The van der Waals surface area contributed by atoms with Crippen LogP contribution in [0.3, 0.4) is 0 Å². The van der Waals surface area contributed by atoms with Crippen molar-refractivity contribution in [2.24, 2.45) is 0 Å². The molecule has 0 radical (unpaired) electrons. The average Bonchev–Trinajstić information content (AvgIpc) is 3.26. The Morgan fingerprint density at radius 1 is 1.24 bits per heavy atom. The number of amides is 1. The minimum absolute atomic E-state index is 0.00242. The molecular weight excluding hydrogens is 318 g/mol. The van der Waals surface area contributed by atoms with E-state index in [0.29, 0.717) is 24.7 Å². The van der Waals surface area contributed by atoms with Gasteiger partial charge in [0.1, 0.15) is 17.3 Å². The zero-order valence-electron chi connectivity index (χ0n) is 14.0. The number of rotatable bonds is 3. The van der Waals surface area contributed by atoms with E-state index in [4.69, 9.17) is 4.74 Å². The van der Waals surface area contributed by atoms with Crippen molar-refractivity contribution >= 4 is 16.8 Å². The van der Waals surface area contributed by atoms with Crippen molar-refractivity contribution in [3.63, 3.8) is 0 Å². The Kier molecular flexibility index (Phi) is 3.10. The number of hydrogen-bond donors (Lipinski definition) is 1. The Morgan fingerprint density at radius 3 is 2.92 bits per heavy atom. The Labute approximate surface area is 144 Å². The number of ether oxygens (including phenoxy) is 1. The molecule has 1 fully saturated rings. The van der Waals surface area contributed by atoms with Crippen LogP contribution in [0.2, 0.25) is 0 Å². The first-order chi connectivity index (χ1) is 12.2. The van der Waals surface area contributed by atoms with Crippen LogP contribution in [0.5, 0.6) is 5.75 Å². The second-order valence-corrected chi connectivity index (χ2v) is 6.76. The second-order valence-electron chi connectivity index (χ2n) is 6.76. The first-order valence-corrected chi connectivity index (χ1v) is 8.61. The summed E-state index contributed by atoms with van der Waals surface area (Å²) in [5.74, 6) is 3.33. The van der Waals surface area contributed by atoms with Gasteiger partial charge in [0.15, 0.2) is 5.82 Å². The molecule has 1 N–H and O–H groups in total. The number of aromatic amines is 1. The molecule has 0 atom stereocenters. The van der Waals surface area contributed by atoms with Crippen LogP contribution in [0.1, 0.15) is 40.9 Å². The highest BCUT2D eigenvalue weighted by atomic mass is 16.5. The molecule has 3 aromatic rings. The van der Waals surface area contributed by atoms with Crippen molar-refractivity contribution in [3.05, 3.63) is 41.6 Å². The molecule has 1 saturated carbocycles. The molecule has 1 amide bonds. The fourth-order valence-electron chi connectivity index (χ4n) is 3.52. The highest BCUT2D eigenvalue weighted by Gasteiger charge is 2.33. The van der Waals surface area contributed by atoms with E-state index < -0.39 is 0 Å². The Bertz CT molecular complexity index is 969. The van der Waals surface area contributed by atoms with Crippen LogP contribution < -0.4 is 4.74 Å². The lowest BCUT2D eigenvalue weighted by atomic mass is 10.2. The lowest BCUT2D eigenvalue weighted by Gasteiger charge is -2.27. The van der Waals surface area contributed by atoms with E-state index in [1.54, 1.807) is 7.11 Å². The fraction of sp³-hybridized carbons (Fsp3) is 0.389. The maximum Gasteiger partial charge on any atom is 0.270 e. The number of nitrogens with zero attached hydrogens (tertiary/aromatic N) is 4. The number of aromatic nitrogens is 4. The molecule has 7 nitrogen and oxygen atoms in total. The van der Waals surface area contributed by atoms with E-state index in [2.05, 4.69) is 19.7 Å². The number of benzene rings is 1. The van der Waals surface area contributed by atoms with Gasteiger partial charge in [-0.3, -0.25) is 4.79 Å². The first kappa shape index (κ1) is 14.5. The van der Waals surface area contributed by atoms with Gasteiger partial charge in [0, 0.05) is 36.0 Å². The minimum atomic E-state index is -0.00242. The van der Waals surface area contributed by atoms with E-state index in [-0.39, 0.29) is 5.91 Å². The van der Waals surface area contributed by atoms with Gasteiger partial charge >= 0.3 is 0 Å².